The molecule has 6 heteroatoms. The van der Waals surface area contributed by atoms with Crippen LogP contribution in [0.2, 0.25) is 0 Å². The summed E-state index contributed by atoms with van der Waals surface area (Å²) in [6.45, 7) is 2.89. The van der Waals surface area contributed by atoms with E-state index in [9.17, 15) is 4.79 Å². The highest BCUT2D eigenvalue weighted by Crippen LogP contribution is 2.16. The molecule has 2 aromatic heterocycles. The van der Waals surface area contributed by atoms with Crippen molar-refractivity contribution in [2.24, 2.45) is 0 Å². The zero-order chi connectivity index (χ0) is 21.8. The third kappa shape index (κ3) is 4.86. The van der Waals surface area contributed by atoms with Gasteiger partial charge in [-0.25, -0.2) is 4.98 Å². The molecule has 0 radical (unpaired) electrons. The van der Waals surface area contributed by atoms with Crippen LogP contribution < -0.4 is 15.0 Å². The summed E-state index contributed by atoms with van der Waals surface area (Å²) in [6.07, 6.45) is 3.94. The van der Waals surface area contributed by atoms with Gasteiger partial charge in [0.05, 0.1) is 5.69 Å². The topological polar surface area (TPSA) is 58.9 Å². The molecule has 0 saturated carbocycles. The summed E-state index contributed by atoms with van der Waals surface area (Å²) in [4.78, 5) is 19.1. The first-order valence-electron chi connectivity index (χ1n) is 10.2. The molecule has 0 fully saturated rings. The number of fused-ring (bicyclic) bond motifs is 1. The Hall–Kier alpha value is -3.80. The molecule has 0 spiro atoms. The quantitative estimate of drug-likeness (QED) is 0.492. The molecule has 0 unspecified atom stereocenters. The van der Waals surface area contributed by atoms with Gasteiger partial charge in [0.1, 0.15) is 18.0 Å². The van der Waals surface area contributed by atoms with Crippen molar-refractivity contribution in [1.29, 1.82) is 0 Å². The fourth-order valence-electron chi connectivity index (χ4n) is 3.33. The largest absolute Gasteiger partial charge is 0.487 e. The van der Waals surface area contributed by atoms with Gasteiger partial charge in [-0.1, -0.05) is 18.2 Å². The fourth-order valence-corrected chi connectivity index (χ4v) is 3.33. The van der Waals surface area contributed by atoms with Crippen molar-refractivity contribution in [1.82, 2.24) is 14.7 Å². The van der Waals surface area contributed by atoms with Crippen LogP contribution in [0, 0.1) is 6.92 Å². The van der Waals surface area contributed by atoms with Crippen LogP contribution in [0.25, 0.3) is 5.65 Å². The number of carbonyl (C=O) groups excluding carboxylic acids is 1. The van der Waals surface area contributed by atoms with Gasteiger partial charge < -0.3 is 19.4 Å². The number of hydrogen-bond donors (Lipinski definition) is 1. The first-order valence-corrected chi connectivity index (χ1v) is 10.2. The van der Waals surface area contributed by atoms with Crippen molar-refractivity contribution in [2.75, 3.05) is 19.0 Å². The molecule has 0 aliphatic carbocycles. The van der Waals surface area contributed by atoms with Gasteiger partial charge in [-0.3, -0.25) is 4.79 Å². The van der Waals surface area contributed by atoms with Crippen LogP contribution in [0.3, 0.4) is 0 Å². The molecule has 0 aliphatic heterocycles. The second-order valence-corrected chi connectivity index (χ2v) is 7.71. The van der Waals surface area contributed by atoms with Gasteiger partial charge in [-0.15, -0.1) is 0 Å². The maximum Gasteiger partial charge on any atom is 0.251 e. The first-order chi connectivity index (χ1) is 15.0. The van der Waals surface area contributed by atoms with Crippen molar-refractivity contribution in [3.63, 3.8) is 0 Å². The summed E-state index contributed by atoms with van der Waals surface area (Å²) in [5, 5.41) is 2.96. The first kappa shape index (κ1) is 20.5. The molecule has 1 N–H and O–H groups in total. The molecule has 2 aromatic carbocycles. The standard InChI is InChI=1S/C25H26N4O2/c1-18-5-4-14-29-16-21(27-24(18)29)17-31-23-12-8-20(9-13-23)25(30)26-15-19-6-10-22(11-7-19)28(2)3/h4-14,16H,15,17H2,1-3H3,(H,26,30). The lowest BCUT2D eigenvalue weighted by molar-refractivity contribution is 0.0951. The molecular weight excluding hydrogens is 388 g/mol. The molecule has 0 bridgehead atoms. The fraction of sp³-hybridized carbons (Fsp3) is 0.200. The molecule has 31 heavy (non-hydrogen) atoms. The highest BCUT2D eigenvalue weighted by molar-refractivity contribution is 5.94. The van der Waals surface area contributed by atoms with E-state index in [1.807, 2.05) is 91.2 Å². The number of imidazole rings is 1. The van der Waals surface area contributed by atoms with E-state index in [4.69, 9.17) is 4.74 Å². The Morgan fingerprint density at radius 2 is 1.81 bits per heavy atom. The lowest BCUT2D eigenvalue weighted by Gasteiger charge is -2.13. The van der Waals surface area contributed by atoms with Gasteiger partial charge in [0, 0.05) is 44.3 Å². The Bertz CT molecular complexity index is 1180. The smallest absolute Gasteiger partial charge is 0.251 e. The molecule has 0 aliphatic rings. The van der Waals surface area contributed by atoms with Gasteiger partial charge in [-0.05, 0) is 60.5 Å². The minimum atomic E-state index is -0.112. The average Bonchev–Trinajstić information content (AvgIpc) is 3.21. The maximum absolute atomic E-state index is 12.4. The number of nitrogens with one attached hydrogen (secondary N) is 1. The summed E-state index contributed by atoms with van der Waals surface area (Å²) in [6, 6.07) is 19.3. The second-order valence-electron chi connectivity index (χ2n) is 7.71. The number of benzene rings is 2. The van der Waals surface area contributed by atoms with Gasteiger partial charge in [0.25, 0.3) is 5.91 Å². The number of aryl methyl sites for hydroxylation is 1. The Morgan fingerprint density at radius 1 is 1.06 bits per heavy atom. The monoisotopic (exact) mass is 414 g/mol. The minimum absolute atomic E-state index is 0.112. The lowest BCUT2D eigenvalue weighted by atomic mass is 10.1. The summed E-state index contributed by atoms with van der Waals surface area (Å²) in [5.74, 6) is 0.587. The van der Waals surface area contributed by atoms with Crippen molar-refractivity contribution in [2.45, 2.75) is 20.1 Å². The molecule has 1 amide bonds. The Morgan fingerprint density at radius 3 is 2.48 bits per heavy atom. The van der Waals surface area contributed by atoms with Gasteiger partial charge >= 0.3 is 0 Å². The molecule has 4 rings (SSSR count). The average molecular weight is 415 g/mol. The summed E-state index contributed by atoms with van der Waals surface area (Å²) in [7, 11) is 4.00. The van der Waals surface area contributed by atoms with Crippen molar-refractivity contribution < 1.29 is 9.53 Å². The highest BCUT2D eigenvalue weighted by atomic mass is 16.5. The number of pyridine rings is 1. The lowest BCUT2D eigenvalue weighted by Crippen LogP contribution is -2.22. The maximum atomic E-state index is 12.4. The number of rotatable bonds is 7. The van der Waals surface area contributed by atoms with E-state index in [1.54, 1.807) is 12.1 Å². The molecule has 4 aromatic rings. The highest BCUT2D eigenvalue weighted by Gasteiger charge is 2.08. The third-order valence-electron chi connectivity index (χ3n) is 5.14. The van der Waals surface area contributed by atoms with Gasteiger partial charge in [0.15, 0.2) is 0 Å². The van der Waals surface area contributed by atoms with Crippen LogP contribution in [-0.2, 0) is 13.2 Å². The SMILES string of the molecule is Cc1cccn2cc(COc3ccc(C(=O)NCc4ccc(N(C)C)cc4)cc3)nc12. The summed E-state index contributed by atoms with van der Waals surface area (Å²) >= 11 is 0. The van der Waals surface area contributed by atoms with Crippen molar-refractivity contribution in [3.05, 3.63) is 95.4 Å². The Balaban J connectivity index is 1.31. The second kappa shape index (κ2) is 8.92. The van der Waals surface area contributed by atoms with Gasteiger partial charge in [-0.2, -0.15) is 0 Å². The predicted octanol–water partition coefficient (Wildman–Crippen LogP) is 4.22. The Labute approximate surface area is 182 Å². The van der Waals surface area contributed by atoms with Crippen LogP contribution in [0.5, 0.6) is 5.75 Å². The number of hydrogen-bond acceptors (Lipinski definition) is 4. The van der Waals surface area contributed by atoms with E-state index in [2.05, 4.69) is 10.3 Å². The van der Waals surface area contributed by atoms with E-state index in [1.165, 1.54) is 0 Å². The van der Waals surface area contributed by atoms with E-state index in [-0.39, 0.29) is 5.91 Å². The molecule has 0 atom stereocenters. The number of anilines is 1. The van der Waals surface area contributed by atoms with E-state index >= 15 is 0 Å². The normalized spacial score (nSPS) is 10.8. The number of nitrogens with zero attached hydrogens (tertiary/aromatic N) is 3. The summed E-state index contributed by atoms with van der Waals surface area (Å²) in [5.41, 5.74) is 5.70. The van der Waals surface area contributed by atoms with Crippen LogP contribution in [-0.4, -0.2) is 29.4 Å². The molecule has 0 saturated heterocycles. The summed E-state index contributed by atoms with van der Waals surface area (Å²) < 4.78 is 7.84. The zero-order valence-corrected chi connectivity index (χ0v) is 18.0. The van der Waals surface area contributed by atoms with E-state index in [0.717, 1.165) is 28.2 Å². The van der Waals surface area contributed by atoms with Crippen LogP contribution >= 0.6 is 0 Å². The molecular formula is C25H26N4O2. The molecule has 158 valence electrons. The van der Waals surface area contributed by atoms with Crippen LogP contribution in [0.15, 0.2) is 73.1 Å². The van der Waals surface area contributed by atoms with E-state index < -0.39 is 0 Å². The van der Waals surface area contributed by atoms with Crippen molar-refractivity contribution >= 4 is 17.2 Å². The number of aromatic nitrogens is 2. The van der Waals surface area contributed by atoms with Crippen LogP contribution in [0.4, 0.5) is 5.69 Å². The number of carbonyl (C=O) groups is 1. The number of amides is 1. The number of ether oxygens (including phenoxy) is 1. The third-order valence-corrected chi connectivity index (χ3v) is 5.14. The van der Waals surface area contributed by atoms with Gasteiger partial charge in [0.2, 0.25) is 0 Å². The van der Waals surface area contributed by atoms with E-state index in [0.29, 0.717) is 24.5 Å². The Kier molecular flexibility index (Phi) is 5.89. The molecule has 6 nitrogen and oxygen atoms in total. The van der Waals surface area contributed by atoms with Crippen LogP contribution in [0.1, 0.15) is 27.2 Å². The molecule has 2 heterocycles. The van der Waals surface area contributed by atoms with Crippen molar-refractivity contribution in [3.8, 4) is 5.75 Å². The zero-order valence-electron chi connectivity index (χ0n) is 18.0. The minimum Gasteiger partial charge on any atom is -0.487 e. The predicted molar refractivity (Wildman–Crippen MR) is 123 cm³/mol.